The van der Waals surface area contributed by atoms with Crippen molar-refractivity contribution < 1.29 is 0 Å². The standard InChI is InChI=1S/C27H20/c1-3-10-24-19(6-1)16-21-13-12-18(15-26(21)24)14-22-8-5-9-23-17-20-7-2-4-11-25(20)27(22)23/h1-13,15H,14,16-17H2. The molecule has 0 fully saturated rings. The fourth-order valence-electron chi connectivity index (χ4n) is 4.92. The van der Waals surface area contributed by atoms with Crippen molar-refractivity contribution in [1.82, 2.24) is 0 Å². The van der Waals surface area contributed by atoms with Gasteiger partial charge in [-0.05, 0) is 74.9 Å². The molecule has 0 amide bonds. The summed E-state index contributed by atoms with van der Waals surface area (Å²) in [7, 11) is 0. The molecule has 27 heavy (non-hydrogen) atoms. The molecule has 0 heterocycles. The molecule has 0 aromatic heterocycles. The van der Waals surface area contributed by atoms with Gasteiger partial charge in [-0.3, -0.25) is 0 Å². The van der Waals surface area contributed by atoms with Gasteiger partial charge in [-0.1, -0.05) is 84.9 Å². The highest BCUT2D eigenvalue weighted by atomic mass is 14.3. The van der Waals surface area contributed by atoms with Gasteiger partial charge in [0, 0.05) is 0 Å². The van der Waals surface area contributed by atoms with Crippen LogP contribution >= 0.6 is 0 Å². The van der Waals surface area contributed by atoms with Crippen LogP contribution in [0.25, 0.3) is 22.3 Å². The van der Waals surface area contributed by atoms with Gasteiger partial charge in [-0.2, -0.15) is 0 Å². The van der Waals surface area contributed by atoms with Crippen LogP contribution in [0.1, 0.15) is 33.4 Å². The first-order valence-corrected chi connectivity index (χ1v) is 9.76. The molecule has 2 aliphatic carbocycles. The molecule has 0 unspecified atom stereocenters. The van der Waals surface area contributed by atoms with Gasteiger partial charge in [0.05, 0.1) is 0 Å². The van der Waals surface area contributed by atoms with Crippen molar-refractivity contribution in [3.05, 3.63) is 118 Å². The maximum absolute atomic E-state index is 2.42. The third-order valence-corrected chi connectivity index (χ3v) is 6.16. The molecule has 4 aromatic carbocycles. The van der Waals surface area contributed by atoms with Crippen molar-refractivity contribution in [2.45, 2.75) is 19.3 Å². The smallest absolute Gasteiger partial charge is 0.00133 e. The lowest BCUT2D eigenvalue weighted by atomic mass is 9.93. The lowest BCUT2D eigenvalue weighted by Gasteiger charge is -2.11. The van der Waals surface area contributed by atoms with Gasteiger partial charge in [0.1, 0.15) is 0 Å². The van der Waals surface area contributed by atoms with Crippen LogP contribution in [0.2, 0.25) is 0 Å². The Hall–Kier alpha value is -3.12. The summed E-state index contributed by atoms with van der Waals surface area (Å²) in [5.41, 5.74) is 14.4. The molecule has 0 heteroatoms. The van der Waals surface area contributed by atoms with Gasteiger partial charge >= 0.3 is 0 Å². The van der Waals surface area contributed by atoms with Crippen LogP contribution in [0.15, 0.2) is 84.9 Å². The highest BCUT2D eigenvalue weighted by Gasteiger charge is 2.22. The number of fused-ring (bicyclic) bond motifs is 6. The molecule has 0 aliphatic heterocycles. The van der Waals surface area contributed by atoms with Crippen molar-refractivity contribution in [3.63, 3.8) is 0 Å². The normalized spacial score (nSPS) is 13.0. The third kappa shape index (κ3) is 2.30. The van der Waals surface area contributed by atoms with Crippen LogP contribution in [0.3, 0.4) is 0 Å². The average Bonchev–Trinajstić information content (AvgIpc) is 3.26. The molecule has 6 rings (SSSR count). The summed E-state index contributed by atoms with van der Waals surface area (Å²) in [6.45, 7) is 0. The summed E-state index contributed by atoms with van der Waals surface area (Å²) < 4.78 is 0. The maximum Gasteiger partial charge on any atom is -0.00133 e. The Balaban J connectivity index is 1.43. The Morgan fingerprint density at radius 2 is 1.19 bits per heavy atom. The first-order valence-electron chi connectivity index (χ1n) is 9.76. The first-order chi connectivity index (χ1) is 13.4. The highest BCUT2D eigenvalue weighted by molar-refractivity contribution is 5.80. The van der Waals surface area contributed by atoms with E-state index in [9.17, 15) is 0 Å². The number of benzene rings is 4. The zero-order valence-electron chi connectivity index (χ0n) is 15.2. The van der Waals surface area contributed by atoms with Gasteiger partial charge in [-0.25, -0.2) is 0 Å². The Bertz CT molecular complexity index is 1200. The van der Waals surface area contributed by atoms with E-state index in [1.54, 1.807) is 0 Å². The molecule has 4 aromatic rings. The van der Waals surface area contributed by atoms with E-state index in [0.29, 0.717) is 0 Å². The monoisotopic (exact) mass is 344 g/mol. The molecule has 0 radical (unpaired) electrons. The van der Waals surface area contributed by atoms with Gasteiger partial charge in [0.15, 0.2) is 0 Å². The van der Waals surface area contributed by atoms with E-state index in [0.717, 1.165) is 19.3 Å². The first kappa shape index (κ1) is 15.0. The summed E-state index contributed by atoms with van der Waals surface area (Å²) in [4.78, 5) is 0. The second-order valence-corrected chi connectivity index (χ2v) is 7.79. The van der Waals surface area contributed by atoms with Crippen LogP contribution in [0.4, 0.5) is 0 Å². The Morgan fingerprint density at radius 3 is 2.07 bits per heavy atom. The Labute approximate surface area is 160 Å². The fourth-order valence-corrected chi connectivity index (χ4v) is 4.92. The quantitative estimate of drug-likeness (QED) is 0.340. The van der Waals surface area contributed by atoms with Crippen LogP contribution in [-0.2, 0) is 19.3 Å². The molecule has 0 nitrogen and oxygen atoms in total. The SMILES string of the molecule is c1ccc2c(c1)Cc1ccc(Cc3cccc4c3-c3ccccc3C4)cc1-2. The summed E-state index contributed by atoms with van der Waals surface area (Å²) in [6, 6.07) is 31.6. The van der Waals surface area contributed by atoms with Crippen molar-refractivity contribution >= 4 is 0 Å². The summed E-state index contributed by atoms with van der Waals surface area (Å²) in [6.07, 6.45) is 3.13. The van der Waals surface area contributed by atoms with E-state index in [-0.39, 0.29) is 0 Å². The zero-order valence-corrected chi connectivity index (χ0v) is 15.2. The average molecular weight is 344 g/mol. The van der Waals surface area contributed by atoms with E-state index >= 15 is 0 Å². The summed E-state index contributed by atoms with van der Waals surface area (Å²) >= 11 is 0. The van der Waals surface area contributed by atoms with Gasteiger partial charge in [-0.15, -0.1) is 0 Å². The number of rotatable bonds is 2. The predicted octanol–water partition coefficient (Wildman–Crippen LogP) is 6.42. The molecule has 0 N–H and O–H groups in total. The van der Waals surface area contributed by atoms with E-state index in [1.165, 1.54) is 55.6 Å². The molecule has 2 aliphatic rings. The maximum atomic E-state index is 2.42. The fraction of sp³-hybridized carbons (Fsp3) is 0.111. The van der Waals surface area contributed by atoms with Crippen molar-refractivity contribution in [2.24, 2.45) is 0 Å². The van der Waals surface area contributed by atoms with E-state index in [2.05, 4.69) is 84.9 Å². The number of hydrogen-bond donors (Lipinski definition) is 0. The van der Waals surface area contributed by atoms with Crippen molar-refractivity contribution in [2.75, 3.05) is 0 Å². The molecule has 0 saturated heterocycles. The molecule has 0 bridgehead atoms. The lowest BCUT2D eigenvalue weighted by molar-refractivity contribution is 1.17. The highest BCUT2D eigenvalue weighted by Crippen LogP contribution is 2.41. The minimum Gasteiger partial charge on any atom is -0.0619 e. The third-order valence-electron chi connectivity index (χ3n) is 6.16. The molecule has 128 valence electrons. The van der Waals surface area contributed by atoms with Crippen molar-refractivity contribution in [1.29, 1.82) is 0 Å². The van der Waals surface area contributed by atoms with E-state index in [1.807, 2.05) is 0 Å². The van der Waals surface area contributed by atoms with Crippen LogP contribution in [0.5, 0.6) is 0 Å². The second-order valence-electron chi connectivity index (χ2n) is 7.79. The van der Waals surface area contributed by atoms with E-state index in [4.69, 9.17) is 0 Å². The molecule has 0 spiro atoms. The van der Waals surface area contributed by atoms with Gasteiger partial charge in [0.2, 0.25) is 0 Å². The van der Waals surface area contributed by atoms with Crippen LogP contribution in [0, 0.1) is 0 Å². The minimum atomic E-state index is 0.993. The summed E-state index contributed by atoms with van der Waals surface area (Å²) in [5.74, 6) is 0. The largest absolute Gasteiger partial charge is 0.0619 e. The Kier molecular flexibility index (Phi) is 3.16. The predicted molar refractivity (Wildman–Crippen MR) is 112 cm³/mol. The molecule has 0 atom stereocenters. The lowest BCUT2D eigenvalue weighted by Crippen LogP contribution is -1.94. The molecular weight excluding hydrogens is 324 g/mol. The van der Waals surface area contributed by atoms with E-state index < -0.39 is 0 Å². The Morgan fingerprint density at radius 1 is 0.519 bits per heavy atom. The topological polar surface area (TPSA) is 0 Å². The number of hydrogen-bond acceptors (Lipinski definition) is 0. The van der Waals surface area contributed by atoms with Crippen molar-refractivity contribution in [3.8, 4) is 22.3 Å². The van der Waals surface area contributed by atoms with Gasteiger partial charge < -0.3 is 0 Å². The summed E-state index contributed by atoms with van der Waals surface area (Å²) in [5, 5.41) is 0. The minimum absolute atomic E-state index is 0.993. The zero-order chi connectivity index (χ0) is 17.8. The van der Waals surface area contributed by atoms with Crippen LogP contribution < -0.4 is 0 Å². The van der Waals surface area contributed by atoms with Gasteiger partial charge in [0.25, 0.3) is 0 Å². The van der Waals surface area contributed by atoms with Crippen LogP contribution in [-0.4, -0.2) is 0 Å². The second kappa shape index (κ2) is 5.69. The molecule has 0 saturated carbocycles. The molecular formula is C27H20.